The molecule has 0 aliphatic carbocycles. The molecule has 0 amide bonds. The summed E-state index contributed by atoms with van der Waals surface area (Å²) in [6.45, 7) is 5.18. The molecule has 0 spiro atoms. The third-order valence-electron chi connectivity index (χ3n) is 2.39. The van der Waals surface area contributed by atoms with Crippen molar-refractivity contribution in [3.63, 3.8) is 0 Å². The molecule has 102 valence electrons. The number of hydrogen-bond donors (Lipinski definition) is 1. The molecule has 0 unspecified atom stereocenters. The van der Waals surface area contributed by atoms with Gasteiger partial charge in [0.1, 0.15) is 0 Å². The Morgan fingerprint density at radius 1 is 1.35 bits per heavy atom. The van der Waals surface area contributed by atoms with E-state index in [9.17, 15) is 0 Å². The average Bonchev–Trinajstić information content (AvgIpc) is 2.44. The minimum absolute atomic E-state index is 0. The summed E-state index contributed by atoms with van der Waals surface area (Å²) in [6.07, 6.45) is 3.26. The second-order valence-electron chi connectivity index (χ2n) is 4.25. The van der Waals surface area contributed by atoms with Crippen LogP contribution in [0.25, 0.3) is 0 Å². The largest absolute Gasteiger partial charge is 0.312 e. The van der Waals surface area contributed by atoms with Gasteiger partial charge in [0.25, 0.3) is 0 Å². The van der Waals surface area contributed by atoms with Crippen LogP contribution in [0, 0.1) is 6.92 Å². The summed E-state index contributed by atoms with van der Waals surface area (Å²) in [7, 11) is 6.17. The van der Waals surface area contributed by atoms with Crippen molar-refractivity contribution in [1.82, 2.24) is 20.0 Å². The molecule has 0 aliphatic rings. The first-order valence-corrected chi connectivity index (χ1v) is 5.44. The van der Waals surface area contributed by atoms with Gasteiger partial charge in [-0.1, -0.05) is 0 Å². The summed E-state index contributed by atoms with van der Waals surface area (Å²) in [4.78, 5) is 2.21. The van der Waals surface area contributed by atoms with Crippen LogP contribution >= 0.6 is 24.8 Å². The Labute approximate surface area is 117 Å². The lowest BCUT2D eigenvalue weighted by Crippen LogP contribution is -2.21. The zero-order valence-electron chi connectivity index (χ0n) is 11.1. The van der Waals surface area contributed by atoms with Gasteiger partial charge >= 0.3 is 0 Å². The average molecular weight is 283 g/mol. The number of hydrogen-bond acceptors (Lipinski definition) is 3. The van der Waals surface area contributed by atoms with E-state index in [1.807, 2.05) is 11.7 Å². The Morgan fingerprint density at radius 2 is 2.00 bits per heavy atom. The summed E-state index contributed by atoms with van der Waals surface area (Å²) < 4.78 is 1.87. The molecule has 0 fully saturated rings. The van der Waals surface area contributed by atoms with Gasteiger partial charge in [-0.05, 0) is 40.5 Å². The lowest BCUT2D eigenvalue weighted by Gasteiger charge is -2.09. The highest BCUT2D eigenvalue weighted by molar-refractivity contribution is 5.85. The molecule has 1 heterocycles. The molecule has 1 aromatic heterocycles. The van der Waals surface area contributed by atoms with Crippen molar-refractivity contribution in [2.75, 3.05) is 27.2 Å². The van der Waals surface area contributed by atoms with E-state index in [0.29, 0.717) is 0 Å². The zero-order chi connectivity index (χ0) is 11.3. The molecular formula is C11H24Cl2N4. The van der Waals surface area contributed by atoms with E-state index >= 15 is 0 Å². The van der Waals surface area contributed by atoms with Crippen molar-refractivity contribution < 1.29 is 0 Å². The summed E-state index contributed by atoms with van der Waals surface area (Å²) >= 11 is 0. The van der Waals surface area contributed by atoms with Crippen LogP contribution in [-0.4, -0.2) is 41.9 Å². The van der Waals surface area contributed by atoms with Gasteiger partial charge in [0.05, 0.1) is 5.69 Å². The van der Waals surface area contributed by atoms with E-state index in [4.69, 9.17) is 0 Å². The third-order valence-corrected chi connectivity index (χ3v) is 2.39. The Kier molecular flexibility index (Phi) is 10.9. The second kappa shape index (κ2) is 9.71. The topological polar surface area (TPSA) is 33.1 Å². The number of aryl methyl sites for hydroxylation is 2. The molecule has 1 N–H and O–H groups in total. The van der Waals surface area contributed by atoms with Crippen LogP contribution in [0.5, 0.6) is 0 Å². The van der Waals surface area contributed by atoms with E-state index in [2.05, 4.69) is 42.5 Å². The number of nitrogens with zero attached hydrogens (tertiary/aromatic N) is 3. The maximum Gasteiger partial charge on any atom is 0.0638 e. The fourth-order valence-corrected chi connectivity index (χ4v) is 1.57. The minimum Gasteiger partial charge on any atom is -0.312 e. The summed E-state index contributed by atoms with van der Waals surface area (Å²) in [6, 6.07) is 0. The monoisotopic (exact) mass is 282 g/mol. The van der Waals surface area contributed by atoms with Crippen LogP contribution in [0.1, 0.15) is 17.7 Å². The molecule has 17 heavy (non-hydrogen) atoms. The predicted molar refractivity (Wildman–Crippen MR) is 77.3 cm³/mol. The maximum absolute atomic E-state index is 4.31. The molecule has 0 aromatic carbocycles. The molecule has 0 bridgehead atoms. The van der Waals surface area contributed by atoms with Crippen molar-refractivity contribution in [1.29, 1.82) is 0 Å². The zero-order valence-corrected chi connectivity index (χ0v) is 12.7. The lowest BCUT2D eigenvalue weighted by atomic mass is 10.2. The van der Waals surface area contributed by atoms with Crippen molar-refractivity contribution in [3.8, 4) is 0 Å². The summed E-state index contributed by atoms with van der Waals surface area (Å²) in [5.74, 6) is 0. The quantitative estimate of drug-likeness (QED) is 0.805. The fraction of sp³-hybridized carbons (Fsp3) is 0.727. The molecule has 0 saturated heterocycles. The maximum atomic E-state index is 4.31. The standard InChI is InChI=1S/C11H22N4.2ClH/c1-10-11(9-15(4)13-10)8-12-6-5-7-14(2)3;;/h9,12H,5-8H2,1-4H3;2*1H. The van der Waals surface area contributed by atoms with Gasteiger partial charge in [-0.2, -0.15) is 5.10 Å². The number of nitrogens with one attached hydrogen (secondary N) is 1. The molecular weight excluding hydrogens is 259 g/mol. The van der Waals surface area contributed by atoms with E-state index in [1.54, 1.807) is 0 Å². The van der Waals surface area contributed by atoms with Crippen LogP contribution in [0.15, 0.2) is 6.20 Å². The molecule has 1 aromatic rings. The van der Waals surface area contributed by atoms with E-state index in [1.165, 1.54) is 12.0 Å². The van der Waals surface area contributed by atoms with Gasteiger partial charge < -0.3 is 10.2 Å². The SMILES string of the molecule is Cc1nn(C)cc1CNCCCN(C)C.Cl.Cl. The molecule has 4 nitrogen and oxygen atoms in total. The number of halogens is 2. The van der Waals surface area contributed by atoms with Gasteiger partial charge in [-0.25, -0.2) is 0 Å². The summed E-state index contributed by atoms with van der Waals surface area (Å²) in [5, 5.41) is 7.74. The number of rotatable bonds is 6. The van der Waals surface area contributed by atoms with Gasteiger partial charge in [-0.3, -0.25) is 4.68 Å². The molecule has 6 heteroatoms. The smallest absolute Gasteiger partial charge is 0.0638 e. The van der Waals surface area contributed by atoms with Gasteiger partial charge in [0, 0.05) is 25.4 Å². The van der Waals surface area contributed by atoms with E-state index in [0.717, 1.165) is 25.3 Å². The molecule has 0 aliphatic heterocycles. The number of aromatic nitrogens is 2. The predicted octanol–water partition coefficient (Wildman–Crippen LogP) is 1.61. The van der Waals surface area contributed by atoms with Crippen molar-refractivity contribution in [2.24, 2.45) is 7.05 Å². The Bertz CT molecular complexity index is 300. The Morgan fingerprint density at radius 3 is 2.47 bits per heavy atom. The second-order valence-corrected chi connectivity index (χ2v) is 4.25. The first-order valence-electron chi connectivity index (χ1n) is 5.44. The third kappa shape index (κ3) is 7.60. The minimum atomic E-state index is 0. The Hall–Kier alpha value is -0.290. The van der Waals surface area contributed by atoms with Crippen LogP contribution < -0.4 is 5.32 Å². The normalized spacial score (nSPS) is 9.94. The van der Waals surface area contributed by atoms with Crippen LogP contribution in [-0.2, 0) is 13.6 Å². The van der Waals surface area contributed by atoms with Crippen molar-refractivity contribution in [2.45, 2.75) is 19.9 Å². The highest BCUT2D eigenvalue weighted by Crippen LogP contribution is 2.03. The van der Waals surface area contributed by atoms with Crippen LogP contribution in [0.4, 0.5) is 0 Å². The van der Waals surface area contributed by atoms with Crippen molar-refractivity contribution in [3.05, 3.63) is 17.5 Å². The molecule has 1 rings (SSSR count). The Balaban J connectivity index is 0. The fourth-order valence-electron chi connectivity index (χ4n) is 1.57. The van der Waals surface area contributed by atoms with Crippen molar-refractivity contribution >= 4 is 24.8 Å². The van der Waals surface area contributed by atoms with Gasteiger partial charge in [0.2, 0.25) is 0 Å². The van der Waals surface area contributed by atoms with E-state index < -0.39 is 0 Å². The molecule has 0 radical (unpaired) electrons. The first-order chi connectivity index (χ1) is 7.09. The summed E-state index contributed by atoms with van der Waals surface area (Å²) in [5.41, 5.74) is 2.42. The highest BCUT2D eigenvalue weighted by Gasteiger charge is 2.01. The van der Waals surface area contributed by atoms with Gasteiger partial charge in [-0.15, -0.1) is 24.8 Å². The lowest BCUT2D eigenvalue weighted by molar-refractivity contribution is 0.394. The first kappa shape index (κ1) is 19.1. The van der Waals surface area contributed by atoms with E-state index in [-0.39, 0.29) is 24.8 Å². The van der Waals surface area contributed by atoms with Crippen LogP contribution in [0.2, 0.25) is 0 Å². The molecule has 0 saturated carbocycles. The van der Waals surface area contributed by atoms with Gasteiger partial charge in [0.15, 0.2) is 0 Å². The highest BCUT2D eigenvalue weighted by atomic mass is 35.5. The van der Waals surface area contributed by atoms with Crippen LogP contribution in [0.3, 0.4) is 0 Å². The molecule has 0 atom stereocenters.